The number of benzene rings is 7. The lowest BCUT2D eigenvalue weighted by Crippen LogP contribution is -2.27. The van der Waals surface area contributed by atoms with Gasteiger partial charge in [0.15, 0.2) is 0 Å². The van der Waals surface area contributed by atoms with Crippen molar-refractivity contribution in [2.75, 3.05) is 9.80 Å². The Morgan fingerprint density at radius 2 is 0.984 bits per heavy atom. The van der Waals surface area contributed by atoms with E-state index in [1.807, 2.05) is 19.1 Å². The highest BCUT2D eigenvalue weighted by Crippen LogP contribution is 2.63. The third kappa shape index (κ3) is 6.83. The third-order valence-corrected chi connectivity index (χ3v) is 12.2. The van der Waals surface area contributed by atoms with E-state index in [0.717, 1.165) is 78.4 Å². The van der Waals surface area contributed by atoms with E-state index < -0.39 is 5.41 Å². The molecule has 0 fully saturated rings. The first kappa shape index (κ1) is 38.8. The molecule has 7 aromatic rings. The van der Waals surface area contributed by atoms with Crippen molar-refractivity contribution < 1.29 is 0 Å². The smallest absolute Gasteiger partial charge is 0.0991 e. The number of anilines is 4. The van der Waals surface area contributed by atoms with Crippen LogP contribution in [0.1, 0.15) is 69.5 Å². The van der Waals surface area contributed by atoms with E-state index in [0.29, 0.717) is 17.7 Å². The van der Waals surface area contributed by atoms with Crippen LogP contribution >= 0.6 is 0 Å². The number of allylic oxidation sites excluding steroid dienone is 5. The summed E-state index contributed by atoms with van der Waals surface area (Å²) in [4.78, 5) is 4.63. The minimum Gasteiger partial charge on any atom is -0.337 e. The SMILES string of the molecule is C\C=C/C(C)=C\C=C\N(c1ccc(C)cc1)c1ccc2c(c1)C1(c3cc(C#N)ccc3-c3ccc(C#N)cc31)c1cc(CN(c3ccc(C)cc3)c3ccc(C)cc3)ccc1-2. The molecular formula is C57H46N4. The van der Waals surface area contributed by atoms with Gasteiger partial charge in [-0.2, -0.15) is 10.5 Å². The zero-order valence-corrected chi connectivity index (χ0v) is 35.2. The Hall–Kier alpha value is -7.66. The maximum atomic E-state index is 10.4. The minimum atomic E-state index is -0.801. The topological polar surface area (TPSA) is 54.1 Å². The Balaban J connectivity index is 1.29. The molecule has 2 aliphatic rings. The van der Waals surface area contributed by atoms with Gasteiger partial charge in [0.2, 0.25) is 0 Å². The molecule has 0 bridgehead atoms. The highest BCUT2D eigenvalue weighted by atomic mass is 15.1. The number of rotatable bonds is 9. The first-order valence-corrected chi connectivity index (χ1v) is 20.8. The molecule has 0 saturated carbocycles. The van der Waals surface area contributed by atoms with E-state index >= 15 is 0 Å². The molecule has 0 saturated heterocycles. The van der Waals surface area contributed by atoms with Crippen LogP contribution in [0.15, 0.2) is 182 Å². The predicted molar refractivity (Wildman–Crippen MR) is 251 cm³/mol. The maximum absolute atomic E-state index is 10.4. The molecule has 294 valence electrons. The summed E-state index contributed by atoms with van der Waals surface area (Å²) in [5, 5.41) is 20.8. The van der Waals surface area contributed by atoms with Gasteiger partial charge in [0.05, 0.1) is 28.7 Å². The molecule has 0 N–H and O–H groups in total. The Morgan fingerprint density at radius 1 is 0.541 bits per heavy atom. The first-order valence-electron chi connectivity index (χ1n) is 20.8. The molecule has 1 spiro atoms. The van der Waals surface area contributed by atoms with Crippen molar-refractivity contribution in [2.45, 2.75) is 46.6 Å². The van der Waals surface area contributed by atoms with E-state index in [-0.39, 0.29) is 0 Å². The molecule has 4 nitrogen and oxygen atoms in total. The lowest BCUT2D eigenvalue weighted by atomic mass is 9.70. The molecule has 0 radical (unpaired) electrons. The molecule has 7 aromatic carbocycles. The van der Waals surface area contributed by atoms with Gasteiger partial charge >= 0.3 is 0 Å². The molecule has 4 heteroatoms. The number of hydrogen-bond acceptors (Lipinski definition) is 4. The molecule has 0 atom stereocenters. The lowest BCUT2D eigenvalue weighted by molar-refractivity contribution is 0.789. The average molecular weight is 787 g/mol. The molecule has 0 unspecified atom stereocenters. The van der Waals surface area contributed by atoms with Crippen LogP contribution in [-0.4, -0.2) is 0 Å². The van der Waals surface area contributed by atoms with Crippen molar-refractivity contribution in [3.8, 4) is 34.4 Å². The van der Waals surface area contributed by atoms with Gasteiger partial charge in [0, 0.05) is 35.5 Å². The van der Waals surface area contributed by atoms with Crippen LogP contribution in [0, 0.1) is 43.4 Å². The van der Waals surface area contributed by atoms with Crippen molar-refractivity contribution in [3.63, 3.8) is 0 Å². The van der Waals surface area contributed by atoms with Gasteiger partial charge in [-0.3, -0.25) is 0 Å². The van der Waals surface area contributed by atoms with Gasteiger partial charge < -0.3 is 9.80 Å². The summed E-state index contributed by atoms with van der Waals surface area (Å²) in [6.45, 7) is 11.1. The second-order valence-corrected chi connectivity index (χ2v) is 16.3. The standard InChI is InChI=1S/C57H46N4/c1-6-8-38(2)9-7-30-60(45-19-10-39(3)11-20-45)48-25-29-52-51-28-18-44(37-61(46-21-12-40(4)13-22-46)47-23-14-41(5)15-24-47)33-55(51)57(56(52)34-48)53-31-42(35-58)16-26-49(53)50-27-17-43(36-59)32-54(50)57/h6-34H,37H2,1-5H3/b8-6-,30-7+,38-9-. The van der Waals surface area contributed by atoms with Gasteiger partial charge in [-0.15, -0.1) is 0 Å². The van der Waals surface area contributed by atoms with Crippen molar-refractivity contribution in [1.29, 1.82) is 10.5 Å². The fraction of sp³-hybridized carbons (Fsp3) is 0.123. The van der Waals surface area contributed by atoms with E-state index in [1.54, 1.807) is 0 Å². The fourth-order valence-corrected chi connectivity index (χ4v) is 9.24. The molecule has 0 aromatic heterocycles. The first-order chi connectivity index (χ1) is 29.7. The zero-order chi connectivity index (χ0) is 42.3. The Morgan fingerprint density at radius 3 is 1.49 bits per heavy atom. The molecule has 0 aliphatic heterocycles. The van der Waals surface area contributed by atoms with Crippen LogP contribution in [0.4, 0.5) is 22.7 Å². The summed E-state index contributed by atoms with van der Waals surface area (Å²) in [5.41, 5.74) is 19.5. The fourth-order valence-electron chi connectivity index (χ4n) is 9.24. The quantitative estimate of drug-likeness (QED) is 0.137. The number of nitrogens with zero attached hydrogens (tertiary/aromatic N) is 4. The molecule has 2 aliphatic carbocycles. The summed E-state index contributed by atoms with van der Waals surface area (Å²) in [5.74, 6) is 0. The van der Waals surface area contributed by atoms with Crippen molar-refractivity contribution in [3.05, 3.63) is 237 Å². The van der Waals surface area contributed by atoms with Crippen molar-refractivity contribution >= 4 is 22.7 Å². The second-order valence-electron chi connectivity index (χ2n) is 16.3. The molecule has 0 heterocycles. The largest absolute Gasteiger partial charge is 0.337 e. The summed E-state index contributed by atoms with van der Waals surface area (Å²) in [7, 11) is 0. The highest BCUT2D eigenvalue weighted by molar-refractivity contribution is 5.96. The van der Waals surface area contributed by atoms with Crippen LogP contribution in [0.2, 0.25) is 0 Å². The van der Waals surface area contributed by atoms with E-state index in [4.69, 9.17) is 0 Å². The van der Waals surface area contributed by atoms with E-state index in [2.05, 4.69) is 214 Å². The van der Waals surface area contributed by atoms with Crippen molar-refractivity contribution in [2.24, 2.45) is 0 Å². The molecule has 9 rings (SSSR count). The zero-order valence-electron chi connectivity index (χ0n) is 35.2. The Kier molecular flexibility index (Phi) is 10.1. The Bertz CT molecular complexity index is 2900. The minimum absolute atomic E-state index is 0.603. The molecular weight excluding hydrogens is 741 g/mol. The van der Waals surface area contributed by atoms with Crippen LogP contribution in [0.25, 0.3) is 22.3 Å². The summed E-state index contributed by atoms with van der Waals surface area (Å²) in [6.07, 6.45) is 10.5. The average Bonchev–Trinajstić information content (AvgIpc) is 3.73. The molecule has 0 amide bonds. The van der Waals surface area contributed by atoms with E-state index in [1.165, 1.54) is 16.7 Å². The molecule has 61 heavy (non-hydrogen) atoms. The van der Waals surface area contributed by atoms with Crippen LogP contribution in [0.3, 0.4) is 0 Å². The second kappa shape index (κ2) is 15.8. The maximum Gasteiger partial charge on any atom is 0.0991 e. The van der Waals surface area contributed by atoms with Gasteiger partial charge in [-0.05, 0) is 164 Å². The van der Waals surface area contributed by atoms with E-state index in [9.17, 15) is 10.5 Å². The summed E-state index contributed by atoms with van der Waals surface area (Å²) in [6, 6.07) is 56.9. The van der Waals surface area contributed by atoms with Crippen LogP contribution in [0.5, 0.6) is 0 Å². The van der Waals surface area contributed by atoms with Gasteiger partial charge in [-0.1, -0.05) is 113 Å². The summed E-state index contributed by atoms with van der Waals surface area (Å²) < 4.78 is 0. The number of aryl methyl sites for hydroxylation is 3. The number of fused-ring (bicyclic) bond motifs is 10. The number of hydrogen-bond donors (Lipinski definition) is 0. The monoisotopic (exact) mass is 786 g/mol. The van der Waals surface area contributed by atoms with Gasteiger partial charge in [0.1, 0.15) is 0 Å². The predicted octanol–water partition coefficient (Wildman–Crippen LogP) is 14.2. The van der Waals surface area contributed by atoms with Crippen molar-refractivity contribution in [1.82, 2.24) is 0 Å². The van der Waals surface area contributed by atoms with Gasteiger partial charge in [-0.25, -0.2) is 0 Å². The van der Waals surface area contributed by atoms with Gasteiger partial charge in [0.25, 0.3) is 0 Å². The normalized spacial score (nSPS) is 13.1. The highest BCUT2D eigenvalue weighted by Gasteiger charge is 2.52. The third-order valence-electron chi connectivity index (χ3n) is 12.2. The summed E-state index contributed by atoms with van der Waals surface area (Å²) >= 11 is 0. The van der Waals surface area contributed by atoms with Crippen LogP contribution in [-0.2, 0) is 12.0 Å². The van der Waals surface area contributed by atoms with Crippen LogP contribution < -0.4 is 9.80 Å². The lowest BCUT2D eigenvalue weighted by Gasteiger charge is -2.32. The Labute approximate surface area is 359 Å². The number of nitriles is 2.